The van der Waals surface area contributed by atoms with Gasteiger partial charge in [-0.2, -0.15) is 0 Å². The number of urea groups is 1. The average Bonchev–Trinajstić information content (AvgIpc) is 3.56. The highest BCUT2D eigenvalue weighted by molar-refractivity contribution is 6.04. The van der Waals surface area contributed by atoms with Crippen molar-refractivity contribution in [3.63, 3.8) is 0 Å². The molecule has 2 aliphatic rings. The average molecular weight is 572 g/mol. The van der Waals surface area contributed by atoms with Crippen LogP contribution in [0.5, 0.6) is 5.75 Å². The number of carbonyl (C=O) groups is 3. The predicted octanol–water partition coefficient (Wildman–Crippen LogP) is 5.08. The summed E-state index contributed by atoms with van der Waals surface area (Å²) in [6.07, 6.45) is 1.99. The van der Waals surface area contributed by atoms with Crippen LogP contribution in [0.25, 0.3) is 0 Å². The second-order valence-electron chi connectivity index (χ2n) is 10.3. The third-order valence-corrected chi connectivity index (χ3v) is 7.58. The number of para-hydroxylation sites is 2. The molecule has 3 aromatic carbocycles. The van der Waals surface area contributed by atoms with Gasteiger partial charge in [0.2, 0.25) is 0 Å². The van der Waals surface area contributed by atoms with Crippen LogP contribution in [0, 0.1) is 0 Å². The highest BCUT2D eigenvalue weighted by atomic mass is 16.5. The van der Waals surface area contributed by atoms with Crippen LogP contribution in [-0.2, 0) is 4.74 Å². The SMILES string of the molecule is CCOC(=O)c1ccc(NC(=O)Nc2ccc(N3CCN(c4ccccc4OC)CC3)c(C(=O)N3CCCC3)c2)cc1. The Bertz CT molecular complexity index is 1410. The van der Waals surface area contributed by atoms with Gasteiger partial charge in [-0.15, -0.1) is 0 Å². The fourth-order valence-corrected chi connectivity index (χ4v) is 5.43. The molecule has 0 aliphatic carbocycles. The summed E-state index contributed by atoms with van der Waals surface area (Å²) in [5.41, 5.74) is 3.97. The molecule has 2 saturated heterocycles. The first-order chi connectivity index (χ1) is 20.5. The maximum Gasteiger partial charge on any atom is 0.338 e. The molecule has 42 heavy (non-hydrogen) atoms. The number of nitrogens with zero attached hydrogens (tertiary/aromatic N) is 3. The van der Waals surface area contributed by atoms with Crippen molar-refractivity contribution < 1.29 is 23.9 Å². The van der Waals surface area contributed by atoms with Crippen LogP contribution in [0.2, 0.25) is 0 Å². The lowest BCUT2D eigenvalue weighted by molar-refractivity contribution is 0.0526. The van der Waals surface area contributed by atoms with Crippen LogP contribution < -0.4 is 25.2 Å². The summed E-state index contributed by atoms with van der Waals surface area (Å²) in [6, 6.07) is 19.6. The molecule has 0 aromatic heterocycles. The van der Waals surface area contributed by atoms with Gasteiger partial charge >= 0.3 is 12.0 Å². The number of carbonyl (C=O) groups excluding carboxylic acids is 3. The van der Waals surface area contributed by atoms with Crippen molar-refractivity contribution in [1.82, 2.24) is 4.90 Å². The minimum absolute atomic E-state index is 0.0201. The molecule has 0 spiro atoms. The summed E-state index contributed by atoms with van der Waals surface area (Å²) >= 11 is 0. The second-order valence-corrected chi connectivity index (χ2v) is 10.3. The lowest BCUT2D eigenvalue weighted by atomic mass is 10.1. The molecule has 0 saturated carbocycles. The second kappa shape index (κ2) is 13.3. The minimum atomic E-state index is -0.448. The molecule has 10 nitrogen and oxygen atoms in total. The molecule has 2 aliphatic heterocycles. The Kier molecular flexibility index (Phi) is 9.11. The summed E-state index contributed by atoms with van der Waals surface area (Å²) < 4.78 is 10.6. The number of benzene rings is 3. The molecule has 2 N–H and O–H groups in total. The molecule has 2 heterocycles. The van der Waals surface area contributed by atoms with E-state index in [-0.39, 0.29) is 5.91 Å². The molecule has 3 aromatic rings. The van der Waals surface area contributed by atoms with E-state index >= 15 is 0 Å². The van der Waals surface area contributed by atoms with Gasteiger partial charge in [0, 0.05) is 56.3 Å². The summed E-state index contributed by atoms with van der Waals surface area (Å²) in [5, 5.41) is 5.63. The summed E-state index contributed by atoms with van der Waals surface area (Å²) in [4.78, 5) is 44.8. The first kappa shape index (κ1) is 28.8. The number of esters is 1. The van der Waals surface area contributed by atoms with E-state index < -0.39 is 12.0 Å². The van der Waals surface area contributed by atoms with Crippen molar-refractivity contribution >= 4 is 40.7 Å². The van der Waals surface area contributed by atoms with Gasteiger partial charge in [0.1, 0.15) is 5.75 Å². The molecule has 0 bridgehead atoms. The van der Waals surface area contributed by atoms with E-state index in [9.17, 15) is 14.4 Å². The van der Waals surface area contributed by atoms with Gasteiger partial charge in [0.25, 0.3) is 5.91 Å². The van der Waals surface area contributed by atoms with Crippen molar-refractivity contribution in [3.05, 3.63) is 77.9 Å². The van der Waals surface area contributed by atoms with E-state index in [1.807, 2.05) is 35.2 Å². The van der Waals surface area contributed by atoms with Gasteiger partial charge in [-0.3, -0.25) is 4.79 Å². The molecule has 0 atom stereocenters. The molecule has 3 amide bonds. The number of ether oxygens (including phenoxy) is 2. The summed E-state index contributed by atoms with van der Waals surface area (Å²) in [5.74, 6) is 0.415. The van der Waals surface area contributed by atoms with Crippen molar-refractivity contribution in [2.75, 3.05) is 73.4 Å². The van der Waals surface area contributed by atoms with Gasteiger partial charge in [-0.1, -0.05) is 12.1 Å². The van der Waals surface area contributed by atoms with Gasteiger partial charge in [0.05, 0.1) is 30.5 Å². The van der Waals surface area contributed by atoms with Gasteiger partial charge in [-0.25, -0.2) is 9.59 Å². The normalized spacial score (nSPS) is 14.9. The lowest BCUT2D eigenvalue weighted by Gasteiger charge is -2.38. The number of likely N-dealkylation sites (tertiary alicyclic amines) is 1. The topological polar surface area (TPSA) is 103 Å². The molecular formula is C32H37N5O5. The molecule has 10 heteroatoms. The highest BCUT2D eigenvalue weighted by Gasteiger charge is 2.27. The van der Waals surface area contributed by atoms with Gasteiger partial charge in [0.15, 0.2) is 0 Å². The zero-order valence-electron chi connectivity index (χ0n) is 24.1. The number of nitrogens with one attached hydrogen (secondary N) is 2. The van der Waals surface area contributed by atoms with Crippen molar-refractivity contribution in [1.29, 1.82) is 0 Å². The Hall–Kier alpha value is -4.73. The van der Waals surface area contributed by atoms with E-state index in [2.05, 4.69) is 26.5 Å². The fourth-order valence-electron chi connectivity index (χ4n) is 5.43. The van der Waals surface area contributed by atoms with E-state index in [0.717, 1.165) is 69.2 Å². The smallest absolute Gasteiger partial charge is 0.338 e. The summed E-state index contributed by atoms with van der Waals surface area (Å²) in [6.45, 7) is 6.57. The number of anilines is 4. The molecule has 5 rings (SSSR count). The van der Waals surface area contributed by atoms with Crippen LogP contribution in [-0.4, -0.2) is 75.8 Å². The number of piperazine rings is 1. The van der Waals surface area contributed by atoms with Crippen molar-refractivity contribution in [2.45, 2.75) is 19.8 Å². The third kappa shape index (κ3) is 6.59. The molecule has 220 valence electrons. The van der Waals surface area contributed by atoms with E-state index in [1.165, 1.54) is 0 Å². The van der Waals surface area contributed by atoms with E-state index in [0.29, 0.717) is 29.1 Å². The van der Waals surface area contributed by atoms with Crippen LogP contribution in [0.4, 0.5) is 27.5 Å². The van der Waals surface area contributed by atoms with Crippen LogP contribution in [0.15, 0.2) is 66.7 Å². The maximum absolute atomic E-state index is 13.6. The third-order valence-electron chi connectivity index (χ3n) is 7.58. The fraction of sp³-hybridized carbons (Fsp3) is 0.344. The Labute approximate surface area is 246 Å². The largest absolute Gasteiger partial charge is 0.495 e. The van der Waals surface area contributed by atoms with Gasteiger partial charge in [-0.05, 0) is 74.4 Å². The predicted molar refractivity (Wildman–Crippen MR) is 164 cm³/mol. The van der Waals surface area contributed by atoms with Crippen LogP contribution in [0.3, 0.4) is 0 Å². The van der Waals surface area contributed by atoms with E-state index in [4.69, 9.17) is 9.47 Å². The molecular weight excluding hydrogens is 534 g/mol. The summed E-state index contributed by atoms with van der Waals surface area (Å²) in [7, 11) is 1.68. The monoisotopic (exact) mass is 571 g/mol. The molecule has 0 unspecified atom stereocenters. The first-order valence-corrected chi connectivity index (χ1v) is 14.4. The number of hydrogen-bond acceptors (Lipinski definition) is 7. The quantitative estimate of drug-likeness (QED) is 0.364. The number of rotatable bonds is 8. The Morgan fingerprint density at radius 2 is 1.38 bits per heavy atom. The van der Waals surface area contributed by atoms with Crippen molar-refractivity contribution in [2.24, 2.45) is 0 Å². The standard InChI is InChI=1S/C32H37N5O5/c1-3-42-31(39)23-10-12-24(13-11-23)33-32(40)34-25-14-15-27(26(22-25)30(38)37-16-6-7-17-37)35-18-20-36(21-19-35)28-8-4-5-9-29(28)41-2/h4-5,8-15,22H,3,6-7,16-21H2,1-2H3,(H2,33,34,40). The van der Waals surface area contributed by atoms with Crippen molar-refractivity contribution in [3.8, 4) is 5.75 Å². The Morgan fingerprint density at radius 1 is 0.762 bits per heavy atom. The number of amides is 3. The zero-order chi connectivity index (χ0) is 29.5. The number of methoxy groups -OCH3 is 1. The van der Waals surface area contributed by atoms with E-state index in [1.54, 1.807) is 44.4 Å². The van der Waals surface area contributed by atoms with Gasteiger partial charge < -0.3 is 34.8 Å². The molecule has 0 radical (unpaired) electrons. The molecule has 2 fully saturated rings. The minimum Gasteiger partial charge on any atom is -0.495 e. The highest BCUT2D eigenvalue weighted by Crippen LogP contribution is 2.32. The van der Waals surface area contributed by atoms with Crippen LogP contribution in [0.1, 0.15) is 40.5 Å². The zero-order valence-corrected chi connectivity index (χ0v) is 24.1. The lowest BCUT2D eigenvalue weighted by Crippen LogP contribution is -2.47. The first-order valence-electron chi connectivity index (χ1n) is 14.4. The maximum atomic E-state index is 13.6. The van der Waals surface area contributed by atoms with Crippen LogP contribution >= 0.6 is 0 Å². The number of hydrogen-bond donors (Lipinski definition) is 2. The Morgan fingerprint density at radius 3 is 2.05 bits per heavy atom. The Balaban J connectivity index is 1.30.